The lowest BCUT2D eigenvalue weighted by Crippen LogP contribution is -2.55. The van der Waals surface area contributed by atoms with Gasteiger partial charge in [0.2, 0.25) is 0 Å². The standard InChI is InChI=1S/C14H27NS/c1-12(2,3)11-8-6-7-9-14(11)15-13(4,5)10-16-14/h11,15H,6-10H2,1-5H3. The van der Waals surface area contributed by atoms with Gasteiger partial charge in [-0.15, -0.1) is 11.8 Å². The van der Waals surface area contributed by atoms with Crippen LogP contribution in [-0.2, 0) is 0 Å². The minimum absolute atomic E-state index is 0.325. The average molecular weight is 241 g/mol. The predicted octanol–water partition coefficient (Wildman–Crippen LogP) is 4.03. The molecular formula is C14H27NS. The zero-order chi connectivity index (χ0) is 12.0. The third kappa shape index (κ3) is 2.28. The van der Waals surface area contributed by atoms with Gasteiger partial charge in [0, 0.05) is 11.3 Å². The first-order valence-corrected chi connectivity index (χ1v) is 7.67. The maximum absolute atomic E-state index is 3.97. The summed E-state index contributed by atoms with van der Waals surface area (Å²) in [4.78, 5) is 0.375. The van der Waals surface area contributed by atoms with E-state index in [0.717, 1.165) is 5.92 Å². The van der Waals surface area contributed by atoms with E-state index in [1.807, 2.05) is 0 Å². The SMILES string of the molecule is CC1(C)CSC2(CCCCC2C(C)(C)C)N1. The van der Waals surface area contributed by atoms with Gasteiger partial charge >= 0.3 is 0 Å². The predicted molar refractivity (Wildman–Crippen MR) is 73.8 cm³/mol. The van der Waals surface area contributed by atoms with Gasteiger partial charge < -0.3 is 0 Å². The lowest BCUT2D eigenvalue weighted by molar-refractivity contribution is 0.101. The molecule has 0 amide bonds. The van der Waals surface area contributed by atoms with Crippen molar-refractivity contribution in [2.45, 2.75) is 70.7 Å². The van der Waals surface area contributed by atoms with E-state index in [4.69, 9.17) is 0 Å². The molecule has 1 saturated carbocycles. The largest absolute Gasteiger partial charge is 0.297 e. The summed E-state index contributed by atoms with van der Waals surface area (Å²) < 4.78 is 0. The molecular weight excluding hydrogens is 214 g/mol. The number of rotatable bonds is 0. The minimum atomic E-state index is 0.325. The van der Waals surface area contributed by atoms with Gasteiger partial charge in [-0.3, -0.25) is 5.32 Å². The Hall–Kier alpha value is 0.310. The molecule has 2 aliphatic rings. The third-order valence-corrected chi connectivity index (χ3v) is 6.11. The van der Waals surface area contributed by atoms with Crippen LogP contribution in [0.4, 0.5) is 0 Å². The van der Waals surface area contributed by atoms with Crippen LogP contribution in [0.25, 0.3) is 0 Å². The summed E-state index contributed by atoms with van der Waals surface area (Å²) in [5, 5.41) is 3.97. The van der Waals surface area contributed by atoms with E-state index < -0.39 is 0 Å². The first-order chi connectivity index (χ1) is 7.25. The highest BCUT2D eigenvalue weighted by atomic mass is 32.2. The molecule has 1 nitrogen and oxygen atoms in total. The molecule has 0 aromatic rings. The van der Waals surface area contributed by atoms with Gasteiger partial charge in [0.25, 0.3) is 0 Å². The summed E-state index contributed by atoms with van der Waals surface area (Å²) in [7, 11) is 0. The molecule has 1 aliphatic heterocycles. The second-order valence-electron chi connectivity index (χ2n) is 7.35. The van der Waals surface area contributed by atoms with E-state index in [1.54, 1.807) is 0 Å². The topological polar surface area (TPSA) is 12.0 Å². The Labute approximate surface area is 105 Å². The van der Waals surface area contributed by atoms with Crippen molar-refractivity contribution in [3.63, 3.8) is 0 Å². The van der Waals surface area contributed by atoms with Crippen LogP contribution < -0.4 is 5.32 Å². The van der Waals surface area contributed by atoms with Crippen molar-refractivity contribution in [3.05, 3.63) is 0 Å². The minimum Gasteiger partial charge on any atom is -0.297 e. The molecule has 0 bridgehead atoms. The van der Waals surface area contributed by atoms with E-state index in [-0.39, 0.29) is 0 Å². The number of hydrogen-bond acceptors (Lipinski definition) is 2. The van der Waals surface area contributed by atoms with Crippen LogP contribution in [0.3, 0.4) is 0 Å². The van der Waals surface area contributed by atoms with Crippen LogP contribution in [0.5, 0.6) is 0 Å². The van der Waals surface area contributed by atoms with Gasteiger partial charge in [0.15, 0.2) is 0 Å². The van der Waals surface area contributed by atoms with Crippen molar-refractivity contribution in [1.82, 2.24) is 5.32 Å². The fraction of sp³-hybridized carbons (Fsp3) is 1.00. The van der Waals surface area contributed by atoms with Crippen molar-refractivity contribution >= 4 is 11.8 Å². The van der Waals surface area contributed by atoms with Gasteiger partial charge in [-0.05, 0) is 38.0 Å². The summed E-state index contributed by atoms with van der Waals surface area (Å²) in [5.74, 6) is 2.08. The summed E-state index contributed by atoms with van der Waals surface area (Å²) in [6.45, 7) is 11.9. The van der Waals surface area contributed by atoms with E-state index in [0.29, 0.717) is 15.8 Å². The van der Waals surface area contributed by atoms with Crippen LogP contribution in [0, 0.1) is 11.3 Å². The van der Waals surface area contributed by atoms with Crippen LogP contribution in [0.15, 0.2) is 0 Å². The van der Waals surface area contributed by atoms with Gasteiger partial charge in [-0.2, -0.15) is 0 Å². The monoisotopic (exact) mass is 241 g/mol. The molecule has 1 heterocycles. The van der Waals surface area contributed by atoms with E-state index in [9.17, 15) is 0 Å². The summed E-state index contributed by atoms with van der Waals surface area (Å²) in [6, 6.07) is 0. The smallest absolute Gasteiger partial charge is 0.0683 e. The first-order valence-electron chi connectivity index (χ1n) is 6.69. The van der Waals surface area contributed by atoms with Crippen molar-refractivity contribution in [2.75, 3.05) is 5.75 Å². The maximum atomic E-state index is 3.97. The molecule has 1 saturated heterocycles. The lowest BCUT2D eigenvalue weighted by atomic mass is 9.68. The van der Waals surface area contributed by atoms with Gasteiger partial charge in [-0.25, -0.2) is 0 Å². The molecule has 2 unspecified atom stereocenters. The van der Waals surface area contributed by atoms with Crippen molar-refractivity contribution in [3.8, 4) is 0 Å². The third-order valence-electron chi connectivity index (χ3n) is 4.14. The molecule has 0 radical (unpaired) electrons. The second-order valence-corrected chi connectivity index (χ2v) is 8.66. The molecule has 2 rings (SSSR count). The molecule has 0 aromatic carbocycles. The highest BCUT2D eigenvalue weighted by Crippen LogP contribution is 2.53. The van der Waals surface area contributed by atoms with E-state index in [1.165, 1.54) is 31.4 Å². The van der Waals surface area contributed by atoms with Gasteiger partial charge in [-0.1, -0.05) is 33.6 Å². The van der Waals surface area contributed by atoms with E-state index >= 15 is 0 Å². The number of thioether (sulfide) groups is 1. The zero-order valence-corrected chi connectivity index (χ0v) is 12.3. The van der Waals surface area contributed by atoms with Crippen LogP contribution in [0.2, 0.25) is 0 Å². The maximum Gasteiger partial charge on any atom is 0.0683 e. The van der Waals surface area contributed by atoms with Crippen molar-refractivity contribution in [2.24, 2.45) is 11.3 Å². The highest BCUT2D eigenvalue weighted by molar-refractivity contribution is 8.01. The normalized spacial score (nSPS) is 39.2. The van der Waals surface area contributed by atoms with Crippen LogP contribution in [0.1, 0.15) is 60.3 Å². The Bertz CT molecular complexity index is 266. The summed E-state index contributed by atoms with van der Waals surface area (Å²) in [6.07, 6.45) is 5.59. The van der Waals surface area contributed by atoms with Gasteiger partial charge in [0.05, 0.1) is 4.87 Å². The molecule has 1 N–H and O–H groups in total. The average Bonchev–Trinajstić information content (AvgIpc) is 2.41. The Morgan fingerprint density at radius 1 is 1.19 bits per heavy atom. The summed E-state index contributed by atoms with van der Waals surface area (Å²) >= 11 is 2.20. The number of hydrogen-bond donors (Lipinski definition) is 1. The fourth-order valence-corrected chi connectivity index (χ4v) is 5.55. The Kier molecular flexibility index (Phi) is 3.12. The Morgan fingerprint density at radius 3 is 2.38 bits per heavy atom. The van der Waals surface area contributed by atoms with Gasteiger partial charge in [0.1, 0.15) is 0 Å². The molecule has 16 heavy (non-hydrogen) atoms. The van der Waals surface area contributed by atoms with Crippen molar-refractivity contribution < 1.29 is 0 Å². The highest BCUT2D eigenvalue weighted by Gasteiger charge is 2.52. The summed E-state index contributed by atoms with van der Waals surface area (Å²) in [5.41, 5.74) is 0.756. The Morgan fingerprint density at radius 2 is 1.88 bits per heavy atom. The second kappa shape index (κ2) is 3.91. The van der Waals surface area contributed by atoms with E-state index in [2.05, 4.69) is 51.7 Å². The fourth-order valence-electron chi connectivity index (χ4n) is 3.55. The van der Waals surface area contributed by atoms with Crippen LogP contribution >= 0.6 is 11.8 Å². The lowest BCUT2D eigenvalue weighted by Gasteiger charge is -2.48. The van der Waals surface area contributed by atoms with Crippen LogP contribution in [-0.4, -0.2) is 16.2 Å². The molecule has 2 fully saturated rings. The molecule has 94 valence electrons. The first kappa shape index (κ1) is 12.8. The number of nitrogens with one attached hydrogen (secondary N) is 1. The zero-order valence-electron chi connectivity index (χ0n) is 11.5. The molecule has 0 aromatic heterocycles. The molecule has 1 spiro atoms. The quantitative estimate of drug-likeness (QED) is 0.687. The molecule has 2 atom stereocenters. The Balaban J connectivity index is 2.23. The molecule has 1 aliphatic carbocycles. The molecule has 2 heteroatoms. The van der Waals surface area contributed by atoms with Crippen molar-refractivity contribution in [1.29, 1.82) is 0 Å².